The van der Waals surface area contributed by atoms with Gasteiger partial charge in [0.1, 0.15) is 60.4 Å². The van der Waals surface area contributed by atoms with Crippen LogP contribution in [0.25, 0.3) is 11.2 Å². The lowest BCUT2D eigenvalue weighted by Crippen LogP contribution is -2.38. The van der Waals surface area contributed by atoms with Crippen LogP contribution in [-0.2, 0) is 78.4 Å². The van der Waals surface area contributed by atoms with Crippen LogP contribution in [0.2, 0.25) is 0 Å². The first kappa shape index (κ1) is 67.7. The number of thioether (sulfide) groups is 1. The zero-order valence-electron chi connectivity index (χ0n) is 44.3. The number of carbonyl (C=O) groups is 2. The number of phosphoric acid groups is 4. The van der Waals surface area contributed by atoms with Crippen LogP contribution in [0.4, 0.5) is 16.4 Å². The van der Waals surface area contributed by atoms with Gasteiger partial charge < -0.3 is 95.6 Å². The van der Waals surface area contributed by atoms with Crippen LogP contribution in [-0.4, -0.2) is 226 Å². The molecule has 15 atom stereocenters. The van der Waals surface area contributed by atoms with Crippen molar-refractivity contribution in [3.05, 3.63) is 35.4 Å². The van der Waals surface area contributed by atoms with Crippen LogP contribution < -0.4 is 33.1 Å². The fraction of sp³-hybridized carbons (Fsp3) is 0.732. The number of aliphatic hydroxyl groups excluding tert-OH is 3. The van der Waals surface area contributed by atoms with Crippen molar-refractivity contribution in [2.75, 3.05) is 96.4 Å². The molecule has 7 unspecified atom stereocenters. The molecule has 0 radical (unpaired) electrons. The molecule has 0 aliphatic carbocycles. The number of rotatable bonds is 37. The molecule has 7 heterocycles. The molecule has 3 aromatic heterocycles. The van der Waals surface area contributed by atoms with Gasteiger partial charge in [0.2, 0.25) is 5.91 Å². The third-order valence-corrected chi connectivity index (χ3v) is 18.4. The molecule has 3 amide bonds. The fourth-order valence-electron chi connectivity index (χ4n) is 8.80. The minimum absolute atomic E-state index is 0.0140. The van der Waals surface area contributed by atoms with Crippen LogP contribution >= 0.6 is 43.1 Å². The van der Waals surface area contributed by atoms with Gasteiger partial charge in [0.25, 0.3) is 0 Å². The molecule has 7 rings (SSSR count). The minimum atomic E-state index is -5.78. The molecule has 0 saturated carbocycles. The van der Waals surface area contributed by atoms with Crippen molar-refractivity contribution in [2.24, 2.45) is 0 Å². The first-order valence-electron chi connectivity index (χ1n) is 25.7. The van der Waals surface area contributed by atoms with Gasteiger partial charge in [-0.3, -0.25) is 36.5 Å². The number of phosphoric ester groups is 4. The summed E-state index contributed by atoms with van der Waals surface area (Å²) in [6.07, 6.45) is -9.54. The van der Waals surface area contributed by atoms with E-state index in [4.69, 9.17) is 58.0 Å². The van der Waals surface area contributed by atoms with Gasteiger partial charge in [0.05, 0.1) is 84.5 Å². The summed E-state index contributed by atoms with van der Waals surface area (Å²) in [5.41, 5.74) is 10.4. The average Bonchev–Trinajstić information content (AvgIpc) is 2.25. The zero-order chi connectivity index (χ0) is 60.8. The Kier molecular flexibility index (Phi) is 24.9. The van der Waals surface area contributed by atoms with Crippen molar-refractivity contribution in [3.8, 4) is 0 Å². The molecule has 3 aromatic rings. The molecule has 43 heteroatoms. The molecule has 84 heavy (non-hydrogen) atoms. The summed E-state index contributed by atoms with van der Waals surface area (Å²) in [4.78, 5) is 102. The predicted molar refractivity (Wildman–Crippen MR) is 284 cm³/mol. The van der Waals surface area contributed by atoms with Crippen molar-refractivity contribution in [1.82, 2.24) is 45.0 Å². The molecule has 0 bridgehead atoms. The minimum Gasteiger partial charge on any atom is -0.387 e. The second-order valence-electron chi connectivity index (χ2n) is 18.9. The normalized spacial score (nSPS) is 27.7. The summed E-state index contributed by atoms with van der Waals surface area (Å²) < 4.78 is 114. The van der Waals surface area contributed by atoms with Gasteiger partial charge in [-0.25, -0.2) is 42.8 Å². The Bertz CT molecular complexity index is 2920. The van der Waals surface area contributed by atoms with Gasteiger partial charge in [-0.2, -0.15) is 21.1 Å². The average molecular weight is 1300 g/mol. The first-order valence-corrected chi connectivity index (χ1v) is 32.8. The number of hydrogen-bond acceptors (Lipinski definition) is 29. The third kappa shape index (κ3) is 20.1. The van der Waals surface area contributed by atoms with Gasteiger partial charge >= 0.3 is 43.0 Å². The number of nitrogens with one attached hydrogen (secondary N) is 3. The van der Waals surface area contributed by atoms with Gasteiger partial charge in [0, 0.05) is 36.8 Å². The molecule has 0 aromatic carbocycles. The first-order chi connectivity index (χ1) is 39.8. The second-order valence-corrected chi connectivity index (χ2v) is 25.8. The topological polar surface area (TPSA) is 542 Å². The quantitative estimate of drug-likeness (QED) is 0.0163. The predicted octanol–water partition coefficient (Wildman–Crippen LogP) is -2.35. The number of urea groups is 1. The van der Waals surface area contributed by atoms with Crippen molar-refractivity contribution < 1.29 is 123 Å². The van der Waals surface area contributed by atoms with Crippen LogP contribution in [0.5, 0.6) is 0 Å². The summed E-state index contributed by atoms with van der Waals surface area (Å²) in [6, 6.07) is 1.30. The number of nitrogens with two attached hydrogens (primary N) is 2. The van der Waals surface area contributed by atoms with E-state index in [0.29, 0.717) is 35.8 Å². The number of hydrogen-bond donors (Lipinski definition) is 13. The maximum absolute atomic E-state index is 13.4. The third-order valence-electron chi connectivity index (χ3n) is 12.7. The number of unbranched alkanes of at least 4 members (excludes halogenated alkanes) is 1. The highest BCUT2D eigenvalue weighted by molar-refractivity contribution is 8.00. The fourth-order valence-corrected chi connectivity index (χ4v) is 13.9. The van der Waals surface area contributed by atoms with Crippen LogP contribution in [0.15, 0.2) is 29.7 Å². The number of anilines is 2. The van der Waals surface area contributed by atoms with E-state index >= 15 is 0 Å². The molecular weight excluding hydrogens is 1230 g/mol. The van der Waals surface area contributed by atoms with Gasteiger partial charge in [0.15, 0.2) is 23.9 Å². The van der Waals surface area contributed by atoms with Gasteiger partial charge in [-0.15, -0.1) is 0 Å². The van der Waals surface area contributed by atoms with E-state index in [2.05, 4.69) is 44.7 Å². The molecule has 4 aliphatic heterocycles. The van der Waals surface area contributed by atoms with E-state index in [0.717, 1.165) is 43.6 Å². The summed E-state index contributed by atoms with van der Waals surface area (Å²) in [6.45, 7) is -2.69. The Hall–Kier alpha value is -3.76. The van der Waals surface area contributed by atoms with E-state index in [-0.39, 0.29) is 86.5 Å². The number of ether oxygens (including phenoxy) is 6. The van der Waals surface area contributed by atoms with Crippen molar-refractivity contribution in [3.63, 3.8) is 0 Å². The Morgan fingerprint density at radius 3 is 2.12 bits per heavy atom. The number of aromatic nitrogens is 6. The number of carbonyl (C=O) groups excluding carboxylic acids is 2. The SMILES string of the molecule is Nc1ccn([C@@H]2O[C@H](COP(=O)(O)OP(=O)(O)OC[C@@H]3O[C@H](n4cnc5c(N)ncnc54)[C@@H](O)[C@H]3O)[C@@H](OP(=O)(O)OCC(COCCOCCOCCOCCCNC(=O)CCCCC3SCC4NC(=O)NC43)OP(=O)(O)O)[C@H]2O)c(=O)n1. The maximum Gasteiger partial charge on any atom is 0.481 e. The largest absolute Gasteiger partial charge is 0.481 e. The van der Waals surface area contributed by atoms with Gasteiger partial charge in [-0.1, -0.05) is 6.42 Å². The lowest BCUT2D eigenvalue weighted by Gasteiger charge is -2.25. The number of fused-ring (bicyclic) bond motifs is 2. The summed E-state index contributed by atoms with van der Waals surface area (Å²) in [7, 11) is -22.3. The lowest BCUT2D eigenvalue weighted by molar-refractivity contribution is -0.121. The summed E-state index contributed by atoms with van der Waals surface area (Å²) >= 11 is 1.84. The molecule has 4 saturated heterocycles. The molecule has 38 nitrogen and oxygen atoms in total. The molecule has 4 fully saturated rings. The van der Waals surface area contributed by atoms with Crippen LogP contribution in [0.3, 0.4) is 0 Å². The molecule has 4 aliphatic rings. The van der Waals surface area contributed by atoms with Gasteiger partial charge in [-0.05, 0) is 25.3 Å². The highest BCUT2D eigenvalue weighted by Gasteiger charge is 2.52. The van der Waals surface area contributed by atoms with Crippen LogP contribution in [0, 0.1) is 0 Å². The number of amides is 3. The highest BCUT2D eigenvalue weighted by Crippen LogP contribution is 2.61. The molecular formula is C41H67N11O27P4S. The van der Waals surface area contributed by atoms with E-state index in [1.54, 1.807) is 0 Å². The lowest BCUT2D eigenvalue weighted by atomic mass is 10.0. The molecule has 15 N–H and O–H groups in total. The monoisotopic (exact) mass is 1300 g/mol. The number of nitrogens with zero attached hydrogens (tertiary/aromatic N) is 6. The molecule has 474 valence electrons. The Balaban J connectivity index is 0.793. The number of aliphatic hydroxyl groups is 3. The van der Waals surface area contributed by atoms with Crippen molar-refractivity contribution >= 4 is 77.8 Å². The number of imidazole rings is 1. The van der Waals surface area contributed by atoms with E-state index < -0.39 is 119 Å². The summed E-state index contributed by atoms with van der Waals surface area (Å²) in [5.74, 6) is 0.577. The Labute approximate surface area is 480 Å². The standard InChI is InChI=1S/C41H67N11O27P4S/c42-28-6-8-51(41(58)49-28)39-34(56)35(26(76-39)19-74-83(66,67)79-82(64,65)73-18-25-32(54)33(55)38(75-25)52-22-47-31-36(43)45-21-46-37(31)52)78-81(62,63)72-17-23(77-80(59,60)61)16-71-15-14-70-13-12-69-11-10-68-9-3-7-44-29(53)5-2-1-4-27-30-24(20-84-27)48-40(57)50-30/h6,8,21-27,30,32-35,38-39,54-56H,1-5,7,9-20H2,(H,44,53)(H,62,63)(H,64,65)(H,66,67)(H2,42,49,58)(H2,43,45,46)(H2,48,50,57)(H2,59,60,61)/t23?,24?,25-,26+,27?,30?,32-,33-,34+,35+,38-,39+/m0/s1. The maximum atomic E-state index is 13.4. The van der Waals surface area contributed by atoms with E-state index in [1.807, 2.05) is 11.8 Å². The highest BCUT2D eigenvalue weighted by atomic mass is 32.2. The van der Waals surface area contributed by atoms with E-state index in [1.165, 1.54) is 10.9 Å². The van der Waals surface area contributed by atoms with Crippen LogP contribution in [0.1, 0.15) is 44.6 Å². The zero-order valence-corrected chi connectivity index (χ0v) is 48.7. The van der Waals surface area contributed by atoms with E-state index in [9.17, 15) is 72.4 Å². The molecule has 0 spiro atoms. The second kappa shape index (κ2) is 30.9. The van der Waals surface area contributed by atoms with Crippen molar-refractivity contribution in [1.29, 1.82) is 0 Å². The Morgan fingerprint density at radius 2 is 1.43 bits per heavy atom. The summed E-state index contributed by atoms with van der Waals surface area (Å²) in [5, 5.41) is 41.7. The smallest absolute Gasteiger partial charge is 0.387 e. The van der Waals surface area contributed by atoms with Crippen molar-refractivity contribution in [2.45, 2.75) is 105 Å². The number of nitrogen functional groups attached to an aromatic ring is 2. The Morgan fingerprint density at radius 1 is 0.774 bits per heavy atom.